The zero-order valence-electron chi connectivity index (χ0n) is 11.4. The van der Waals surface area contributed by atoms with Gasteiger partial charge >= 0.3 is 0 Å². The lowest BCUT2D eigenvalue weighted by atomic mass is 9.71. The Labute approximate surface area is 114 Å². The fraction of sp³-hybridized carbons (Fsp3) is 0.857. The van der Waals surface area contributed by atoms with Gasteiger partial charge in [0.2, 0.25) is 11.8 Å². The fourth-order valence-corrected chi connectivity index (χ4v) is 3.68. The molecule has 2 amide bonds. The maximum absolute atomic E-state index is 12.3. The first kappa shape index (κ1) is 12.9. The summed E-state index contributed by atoms with van der Waals surface area (Å²) in [6, 6.07) is -0.255. The van der Waals surface area contributed by atoms with Crippen molar-refractivity contribution in [3.8, 4) is 0 Å². The van der Waals surface area contributed by atoms with Gasteiger partial charge in [-0.1, -0.05) is 0 Å². The number of amides is 2. The number of carbonyl (C=O) groups is 2. The Bertz CT molecular complexity index is 367. The second-order valence-electron chi connectivity index (χ2n) is 6.23. The number of nitrogens with one attached hydrogen (secondary N) is 2. The van der Waals surface area contributed by atoms with Crippen LogP contribution in [-0.2, 0) is 9.59 Å². The van der Waals surface area contributed by atoms with E-state index in [4.69, 9.17) is 0 Å². The number of hydrogen-bond donors (Lipinski definition) is 2. The molecule has 3 aliphatic heterocycles. The maximum Gasteiger partial charge on any atom is 0.245 e. The van der Waals surface area contributed by atoms with Crippen molar-refractivity contribution < 1.29 is 9.59 Å². The van der Waals surface area contributed by atoms with Gasteiger partial charge in [-0.2, -0.15) is 0 Å². The van der Waals surface area contributed by atoms with E-state index in [2.05, 4.69) is 10.6 Å². The molecule has 2 N–H and O–H groups in total. The van der Waals surface area contributed by atoms with E-state index >= 15 is 0 Å². The van der Waals surface area contributed by atoms with Gasteiger partial charge in [0.15, 0.2) is 0 Å². The molecule has 0 aromatic rings. The maximum atomic E-state index is 12.3. The minimum atomic E-state index is -0.255. The minimum absolute atomic E-state index is 0.0187. The van der Waals surface area contributed by atoms with Crippen molar-refractivity contribution in [3.05, 3.63) is 0 Å². The first-order chi connectivity index (χ1) is 9.19. The minimum Gasteiger partial charge on any atom is -0.344 e. The van der Waals surface area contributed by atoms with Crippen molar-refractivity contribution in [1.82, 2.24) is 15.5 Å². The van der Waals surface area contributed by atoms with E-state index in [0.717, 1.165) is 39.0 Å². The molecule has 0 bridgehead atoms. The molecule has 19 heavy (non-hydrogen) atoms. The third kappa shape index (κ3) is 2.61. The van der Waals surface area contributed by atoms with Crippen LogP contribution in [0.1, 0.15) is 38.5 Å². The van der Waals surface area contributed by atoms with E-state index in [1.807, 2.05) is 4.90 Å². The highest BCUT2D eigenvalue weighted by Gasteiger charge is 2.39. The Balaban J connectivity index is 1.54. The van der Waals surface area contributed by atoms with Crippen LogP contribution in [-0.4, -0.2) is 48.9 Å². The summed E-state index contributed by atoms with van der Waals surface area (Å²) in [6.45, 7) is 3.97. The molecular weight excluding hydrogens is 242 g/mol. The van der Waals surface area contributed by atoms with E-state index in [0.29, 0.717) is 18.3 Å². The highest BCUT2D eigenvalue weighted by molar-refractivity contribution is 5.90. The standard InChI is InChI=1S/C14H23N3O2/c18-12-2-1-11(16-12)13(19)17-9-5-14(6-10-17)3-7-15-8-4-14/h11,15H,1-10H2,(H,16,18). The van der Waals surface area contributed by atoms with Crippen LogP contribution in [0.2, 0.25) is 0 Å². The Hall–Kier alpha value is -1.10. The van der Waals surface area contributed by atoms with Gasteiger partial charge in [-0.05, 0) is 50.6 Å². The smallest absolute Gasteiger partial charge is 0.245 e. The highest BCUT2D eigenvalue weighted by Crippen LogP contribution is 2.39. The quantitative estimate of drug-likeness (QED) is 0.715. The number of rotatable bonds is 1. The topological polar surface area (TPSA) is 61.4 Å². The molecule has 3 fully saturated rings. The van der Waals surface area contributed by atoms with E-state index in [1.165, 1.54) is 12.8 Å². The van der Waals surface area contributed by atoms with Gasteiger partial charge in [0, 0.05) is 19.5 Å². The van der Waals surface area contributed by atoms with E-state index < -0.39 is 0 Å². The predicted octanol–water partition coefficient (Wildman–Crippen LogP) is 0.257. The molecule has 5 nitrogen and oxygen atoms in total. The predicted molar refractivity (Wildman–Crippen MR) is 71.5 cm³/mol. The van der Waals surface area contributed by atoms with E-state index in [9.17, 15) is 9.59 Å². The number of piperidine rings is 2. The van der Waals surface area contributed by atoms with Crippen LogP contribution in [0.4, 0.5) is 0 Å². The molecule has 3 saturated heterocycles. The third-order valence-electron chi connectivity index (χ3n) is 5.09. The van der Waals surface area contributed by atoms with E-state index in [-0.39, 0.29) is 17.9 Å². The Morgan fingerprint density at radius 1 is 1.16 bits per heavy atom. The molecule has 3 rings (SSSR count). The average Bonchev–Trinajstić information content (AvgIpc) is 2.87. The van der Waals surface area contributed by atoms with Crippen molar-refractivity contribution in [1.29, 1.82) is 0 Å². The first-order valence-corrected chi connectivity index (χ1v) is 7.47. The van der Waals surface area contributed by atoms with Crippen molar-refractivity contribution in [2.24, 2.45) is 5.41 Å². The van der Waals surface area contributed by atoms with Crippen LogP contribution in [0.15, 0.2) is 0 Å². The van der Waals surface area contributed by atoms with Gasteiger partial charge in [-0.3, -0.25) is 9.59 Å². The summed E-state index contributed by atoms with van der Waals surface area (Å²) in [4.78, 5) is 25.5. The highest BCUT2D eigenvalue weighted by atomic mass is 16.2. The summed E-state index contributed by atoms with van der Waals surface area (Å²) in [5.41, 5.74) is 0.473. The number of hydrogen-bond acceptors (Lipinski definition) is 3. The molecule has 0 saturated carbocycles. The van der Waals surface area contributed by atoms with Crippen LogP contribution in [0.5, 0.6) is 0 Å². The van der Waals surface area contributed by atoms with Gasteiger partial charge in [0.1, 0.15) is 6.04 Å². The molecule has 3 aliphatic rings. The number of nitrogens with zero attached hydrogens (tertiary/aromatic N) is 1. The summed E-state index contributed by atoms with van der Waals surface area (Å²) in [5, 5.41) is 6.19. The van der Waals surface area contributed by atoms with Crippen molar-refractivity contribution in [2.45, 2.75) is 44.6 Å². The second-order valence-corrected chi connectivity index (χ2v) is 6.23. The molecule has 106 valence electrons. The fourth-order valence-electron chi connectivity index (χ4n) is 3.68. The molecule has 0 aliphatic carbocycles. The monoisotopic (exact) mass is 265 g/mol. The van der Waals surface area contributed by atoms with E-state index in [1.54, 1.807) is 0 Å². The van der Waals surface area contributed by atoms with Gasteiger partial charge in [0.25, 0.3) is 0 Å². The van der Waals surface area contributed by atoms with Crippen molar-refractivity contribution >= 4 is 11.8 Å². The molecule has 0 aromatic carbocycles. The van der Waals surface area contributed by atoms with Gasteiger partial charge in [-0.15, -0.1) is 0 Å². The Kier molecular flexibility index (Phi) is 3.48. The van der Waals surface area contributed by atoms with Crippen LogP contribution in [0, 0.1) is 5.41 Å². The number of carbonyl (C=O) groups excluding carboxylic acids is 2. The summed E-state index contributed by atoms with van der Waals surface area (Å²) in [6.07, 6.45) is 5.91. The lowest BCUT2D eigenvalue weighted by molar-refractivity contribution is -0.136. The lowest BCUT2D eigenvalue weighted by Gasteiger charge is -2.44. The summed E-state index contributed by atoms with van der Waals surface area (Å²) >= 11 is 0. The Morgan fingerprint density at radius 3 is 2.42 bits per heavy atom. The third-order valence-corrected chi connectivity index (χ3v) is 5.09. The zero-order chi connectivity index (χ0) is 13.3. The normalized spacial score (nSPS) is 30.4. The molecule has 5 heteroatoms. The molecule has 3 heterocycles. The first-order valence-electron chi connectivity index (χ1n) is 7.47. The molecule has 1 atom stereocenters. The SMILES string of the molecule is O=C1CCC(C(=O)N2CCC3(CCNCC3)CC2)N1. The lowest BCUT2D eigenvalue weighted by Crippen LogP contribution is -2.51. The molecular formula is C14H23N3O2. The Morgan fingerprint density at radius 2 is 1.84 bits per heavy atom. The van der Waals surface area contributed by atoms with Crippen LogP contribution in [0.25, 0.3) is 0 Å². The molecule has 1 unspecified atom stereocenters. The zero-order valence-corrected chi connectivity index (χ0v) is 11.4. The largest absolute Gasteiger partial charge is 0.344 e. The number of likely N-dealkylation sites (tertiary alicyclic amines) is 1. The van der Waals surface area contributed by atoms with Crippen LogP contribution in [0.3, 0.4) is 0 Å². The van der Waals surface area contributed by atoms with Crippen molar-refractivity contribution in [2.75, 3.05) is 26.2 Å². The van der Waals surface area contributed by atoms with Gasteiger partial charge in [0.05, 0.1) is 0 Å². The van der Waals surface area contributed by atoms with Gasteiger partial charge < -0.3 is 15.5 Å². The van der Waals surface area contributed by atoms with Crippen LogP contribution < -0.4 is 10.6 Å². The molecule has 0 radical (unpaired) electrons. The summed E-state index contributed by atoms with van der Waals surface area (Å²) < 4.78 is 0. The summed E-state index contributed by atoms with van der Waals surface area (Å²) in [7, 11) is 0. The summed E-state index contributed by atoms with van der Waals surface area (Å²) in [5.74, 6) is 0.153. The second kappa shape index (κ2) is 5.12. The molecule has 0 aromatic heterocycles. The van der Waals surface area contributed by atoms with Crippen molar-refractivity contribution in [3.63, 3.8) is 0 Å². The van der Waals surface area contributed by atoms with Crippen LogP contribution >= 0.6 is 0 Å². The molecule has 1 spiro atoms. The van der Waals surface area contributed by atoms with Gasteiger partial charge in [-0.25, -0.2) is 0 Å². The average molecular weight is 265 g/mol.